The van der Waals surface area contributed by atoms with Gasteiger partial charge in [-0.3, -0.25) is 4.79 Å². The van der Waals surface area contributed by atoms with E-state index in [9.17, 15) is 4.79 Å². The zero-order chi connectivity index (χ0) is 20.8. The molecule has 3 aromatic rings. The Morgan fingerprint density at radius 1 is 1.14 bits per heavy atom. The number of amides is 1. The largest absolute Gasteiger partial charge is 0.494 e. The van der Waals surface area contributed by atoms with Crippen molar-refractivity contribution in [3.05, 3.63) is 76.7 Å². The lowest BCUT2D eigenvalue weighted by Crippen LogP contribution is -2.27. The zero-order valence-electron chi connectivity index (χ0n) is 17.2. The maximum atomic E-state index is 12.9. The van der Waals surface area contributed by atoms with Crippen molar-refractivity contribution in [1.82, 2.24) is 10.5 Å². The van der Waals surface area contributed by atoms with Crippen molar-refractivity contribution in [2.24, 2.45) is 0 Å². The van der Waals surface area contributed by atoms with Gasteiger partial charge in [-0.1, -0.05) is 29.4 Å². The second-order valence-corrected chi connectivity index (χ2v) is 6.79. The maximum Gasteiger partial charge on any atom is 0.255 e. The second kappa shape index (κ2) is 9.28. The number of rotatable bonds is 8. The lowest BCUT2D eigenvalue weighted by Gasteiger charge is -2.17. The highest BCUT2D eigenvalue weighted by Gasteiger charge is 2.17. The summed E-state index contributed by atoms with van der Waals surface area (Å²) < 4.78 is 16.6. The predicted octanol–water partition coefficient (Wildman–Crippen LogP) is 4.76. The van der Waals surface area contributed by atoms with Gasteiger partial charge in [-0.05, 0) is 57.5 Å². The first-order valence-electron chi connectivity index (χ1n) is 9.66. The number of nitrogens with zero attached hydrogens (tertiary/aromatic N) is 1. The van der Waals surface area contributed by atoms with Gasteiger partial charge in [0, 0.05) is 0 Å². The molecule has 0 radical (unpaired) electrons. The Hall–Kier alpha value is -3.28. The van der Waals surface area contributed by atoms with Crippen LogP contribution < -0.4 is 14.8 Å². The fourth-order valence-electron chi connectivity index (χ4n) is 3.04. The molecule has 1 heterocycles. The number of hydrogen-bond acceptors (Lipinski definition) is 5. The van der Waals surface area contributed by atoms with Crippen LogP contribution in [0.3, 0.4) is 0 Å². The van der Waals surface area contributed by atoms with Crippen LogP contribution in [-0.4, -0.2) is 17.7 Å². The Bertz CT molecular complexity index is 961. The van der Waals surface area contributed by atoms with Gasteiger partial charge in [0.1, 0.15) is 23.9 Å². The van der Waals surface area contributed by atoms with E-state index in [-0.39, 0.29) is 18.6 Å². The molecule has 3 rings (SSSR count). The van der Waals surface area contributed by atoms with Crippen molar-refractivity contribution in [2.45, 2.75) is 40.3 Å². The van der Waals surface area contributed by atoms with Crippen molar-refractivity contribution in [2.75, 3.05) is 6.61 Å². The molecule has 0 aliphatic heterocycles. The molecule has 0 bridgehead atoms. The number of aryl methyl sites for hydroxylation is 2. The highest BCUT2D eigenvalue weighted by Crippen LogP contribution is 2.24. The average molecular weight is 394 g/mol. The molecule has 1 atom stereocenters. The summed E-state index contributed by atoms with van der Waals surface area (Å²) in [5.74, 6) is 1.82. The van der Waals surface area contributed by atoms with Crippen LogP contribution in [0.2, 0.25) is 0 Å². The lowest BCUT2D eigenvalue weighted by molar-refractivity contribution is 0.0935. The van der Waals surface area contributed by atoms with Gasteiger partial charge < -0.3 is 19.3 Å². The van der Waals surface area contributed by atoms with E-state index in [0.717, 1.165) is 22.6 Å². The molecule has 0 saturated heterocycles. The van der Waals surface area contributed by atoms with Crippen LogP contribution in [0, 0.1) is 13.8 Å². The van der Waals surface area contributed by atoms with Gasteiger partial charge in [0.05, 0.1) is 29.5 Å². The maximum absolute atomic E-state index is 12.9. The van der Waals surface area contributed by atoms with Crippen LogP contribution in [0.15, 0.2) is 53.1 Å². The third-order valence-electron chi connectivity index (χ3n) is 4.70. The van der Waals surface area contributed by atoms with Gasteiger partial charge in [-0.2, -0.15) is 0 Å². The predicted molar refractivity (Wildman–Crippen MR) is 110 cm³/mol. The molecule has 0 aliphatic rings. The van der Waals surface area contributed by atoms with Gasteiger partial charge in [-0.15, -0.1) is 0 Å². The van der Waals surface area contributed by atoms with E-state index >= 15 is 0 Å². The number of carbonyl (C=O) groups is 1. The number of carbonyl (C=O) groups excluding carboxylic acids is 1. The number of aromatic nitrogens is 1. The molecule has 1 unspecified atom stereocenters. The fourth-order valence-corrected chi connectivity index (χ4v) is 3.04. The summed E-state index contributed by atoms with van der Waals surface area (Å²) in [5.41, 5.74) is 3.12. The summed E-state index contributed by atoms with van der Waals surface area (Å²) in [5, 5.41) is 6.97. The molecule has 0 fully saturated rings. The van der Waals surface area contributed by atoms with Crippen LogP contribution in [0.1, 0.15) is 52.8 Å². The number of nitrogens with one attached hydrogen (secondary N) is 1. The van der Waals surface area contributed by atoms with E-state index in [1.165, 1.54) is 0 Å². The van der Waals surface area contributed by atoms with Crippen molar-refractivity contribution in [3.63, 3.8) is 0 Å². The van der Waals surface area contributed by atoms with E-state index < -0.39 is 0 Å². The molecule has 0 saturated carbocycles. The minimum atomic E-state index is -0.200. The summed E-state index contributed by atoms with van der Waals surface area (Å²) in [4.78, 5) is 12.9. The summed E-state index contributed by atoms with van der Waals surface area (Å²) in [6.45, 7) is 8.48. The Kier molecular flexibility index (Phi) is 6.54. The molecular formula is C23H26N2O4. The zero-order valence-corrected chi connectivity index (χ0v) is 17.2. The highest BCUT2D eigenvalue weighted by molar-refractivity contribution is 5.97. The Morgan fingerprint density at radius 2 is 1.93 bits per heavy atom. The van der Waals surface area contributed by atoms with Crippen LogP contribution in [-0.2, 0) is 6.61 Å². The van der Waals surface area contributed by atoms with E-state index in [0.29, 0.717) is 23.7 Å². The molecule has 29 heavy (non-hydrogen) atoms. The van der Waals surface area contributed by atoms with Gasteiger partial charge in [0.25, 0.3) is 5.91 Å². The molecule has 0 spiro atoms. The van der Waals surface area contributed by atoms with Gasteiger partial charge in [-0.25, -0.2) is 0 Å². The summed E-state index contributed by atoms with van der Waals surface area (Å²) in [7, 11) is 0. The lowest BCUT2D eigenvalue weighted by atomic mass is 10.1. The third kappa shape index (κ3) is 4.96. The fraction of sp³-hybridized carbons (Fsp3) is 0.304. The molecule has 1 N–H and O–H groups in total. The molecule has 2 aromatic carbocycles. The van der Waals surface area contributed by atoms with E-state index in [1.54, 1.807) is 12.1 Å². The van der Waals surface area contributed by atoms with E-state index in [1.807, 2.05) is 64.1 Å². The van der Waals surface area contributed by atoms with Crippen molar-refractivity contribution in [3.8, 4) is 11.5 Å². The number of ether oxygens (including phenoxy) is 2. The van der Waals surface area contributed by atoms with Crippen LogP contribution in [0.5, 0.6) is 11.5 Å². The van der Waals surface area contributed by atoms with Crippen LogP contribution in [0.4, 0.5) is 0 Å². The third-order valence-corrected chi connectivity index (χ3v) is 4.70. The van der Waals surface area contributed by atoms with Crippen molar-refractivity contribution in [1.29, 1.82) is 0 Å². The Labute approximate surface area is 170 Å². The Morgan fingerprint density at radius 3 is 2.66 bits per heavy atom. The summed E-state index contributed by atoms with van der Waals surface area (Å²) in [6.07, 6.45) is 0. The smallest absolute Gasteiger partial charge is 0.255 e. The molecule has 152 valence electrons. The van der Waals surface area contributed by atoms with E-state index in [4.69, 9.17) is 14.0 Å². The van der Waals surface area contributed by atoms with Crippen LogP contribution in [0.25, 0.3) is 0 Å². The monoisotopic (exact) mass is 394 g/mol. The topological polar surface area (TPSA) is 73.6 Å². The minimum absolute atomic E-state index is 0.182. The first-order valence-corrected chi connectivity index (χ1v) is 9.66. The minimum Gasteiger partial charge on any atom is -0.494 e. The first-order chi connectivity index (χ1) is 14.0. The van der Waals surface area contributed by atoms with Gasteiger partial charge in [0.15, 0.2) is 0 Å². The molecule has 6 nitrogen and oxygen atoms in total. The number of benzene rings is 2. The first kappa shape index (κ1) is 20.5. The van der Waals surface area contributed by atoms with Crippen molar-refractivity contribution < 1.29 is 18.8 Å². The Balaban J connectivity index is 1.72. The van der Waals surface area contributed by atoms with Crippen LogP contribution >= 0.6 is 0 Å². The number of hydrogen-bond donors (Lipinski definition) is 1. The molecule has 0 aliphatic carbocycles. The van der Waals surface area contributed by atoms with Gasteiger partial charge in [0.2, 0.25) is 0 Å². The van der Waals surface area contributed by atoms with E-state index in [2.05, 4.69) is 10.5 Å². The normalized spacial score (nSPS) is 11.7. The number of para-hydroxylation sites is 1. The standard InChI is InChI=1S/C23H26N2O4/c1-5-27-19-10-8-9-18(13-19)15(2)24-23(26)20-11-6-7-12-22(20)28-14-21-16(3)25-29-17(21)4/h6-13,15H,5,14H2,1-4H3,(H,24,26). The molecule has 1 amide bonds. The second-order valence-electron chi connectivity index (χ2n) is 6.79. The summed E-state index contributed by atoms with van der Waals surface area (Å²) in [6, 6.07) is 14.7. The van der Waals surface area contributed by atoms with Gasteiger partial charge >= 0.3 is 0 Å². The average Bonchev–Trinajstić information content (AvgIpc) is 3.04. The highest BCUT2D eigenvalue weighted by atomic mass is 16.5. The molecule has 1 aromatic heterocycles. The SMILES string of the molecule is CCOc1cccc(C(C)NC(=O)c2ccccc2OCc2c(C)noc2C)c1. The summed E-state index contributed by atoms with van der Waals surface area (Å²) >= 11 is 0. The molecule has 6 heteroatoms. The molecular weight excluding hydrogens is 368 g/mol. The van der Waals surface area contributed by atoms with Crippen molar-refractivity contribution >= 4 is 5.91 Å². The quantitative estimate of drug-likeness (QED) is 0.596.